The quantitative estimate of drug-likeness (QED) is 0.596. The molecule has 1 aromatic rings. The van der Waals surface area contributed by atoms with Gasteiger partial charge in [-0.25, -0.2) is 9.59 Å². The van der Waals surface area contributed by atoms with E-state index in [1.165, 1.54) is 25.9 Å². The van der Waals surface area contributed by atoms with Crippen LogP contribution in [0.2, 0.25) is 0 Å². The molecule has 3 aliphatic rings. The van der Waals surface area contributed by atoms with Gasteiger partial charge in [0, 0.05) is 43.6 Å². The maximum Gasteiger partial charge on any atom is 0.490 e. The van der Waals surface area contributed by atoms with Crippen molar-refractivity contribution in [3.8, 4) is 0 Å². The van der Waals surface area contributed by atoms with Crippen LogP contribution in [0.3, 0.4) is 0 Å². The predicted octanol–water partition coefficient (Wildman–Crippen LogP) is 2.98. The van der Waals surface area contributed by atoms with Gasteiger partial charge in [0.15, 0.2) is 0 Å². The normalized spacial score (nSPS) is 21.8. The lowest BCUT2D eigenvalue weighted by atomic mass is 10.1. The molecule has 8 nitrogen and oxygen atoms in total. The summed E-state index contributed by atoms with van der Waals surface area (Å²) >= 11 is 0. The molecular formula is C21H25F6N3O5. The molecule has 0 unspecified atom stereocenters. The number of aliphatic carboxylic acids is 2. The number of hydrogen-bond donors (Lipinski definition) is 2. The fraction of sp³-hybridized carbons (Fsp3) is 0.619. The highest BCUT2D eigenvalue weighted by Gasteiger charge is 2.45. The molecule has 1 aliphatic carbocycles. The van der Waals surface area contributed by atoms with E-state index in [0.29, 0.717) is 18.5 Å². The third-order valence-electron chi connectivity index (χ3n) is 5.74. The smallest absolute Gasteiger partial charge is 0.475 e. The van der Waals surface area contributed by atoms with Gasteiger partial charge in [-0.3, -0.25) is 14.7 Å². The lowest BCUT2D eigenvalue weighted by Crippen LogP contribution is -2.40. The van der Waals surface area contributed by atoms with Gasteiger partial charge in [0.05, 0.1) is 6.42 Å². The largest absolute Gasteiger partial charge is 0.490 e. The van der Waals surface area contributed by atoms with E-state index in [1.807, 2.05) is 18.2 Å². The second-order valence-electron chi connectivity index (χ2n) is 8.34. The molecule has 3 heterocycles. The van der Waals surface area contributed by atoms with E-state index in [2.05, 4.69) is 14.8 Å². The van der Waals surface area contributed by atoms with Crippen LogP contribution in [0.25, 0.3) is 0 Å². The summed E-state index contributed by atoms with van der Waals surface area (Å²) in [6.07, 6.45) is -2.81. The zero-order chi connectivity index (χ0) is 26.4. The zero-order valence-corrected chi connectivity index (χ0v) is 18.4. The first-order valence-corrected chi connectivity index (χ1v) is 10.7. The average Bonchev–Trinajstić information content (AvgIpc) is 3.33. The molecular weight excluding hydrogens is 488 g/mol. The first-order valence-electron chi connectivity index (χ1n) is 10.7. The molecule has 4 rings (SSSR count). The summed E-state index contributed by atoms with van der Waals surface area (Å²) in [5.41, 5.74) is 0.888. The number of carboxylic acids is 2. The van der Waals surface area contributed by atoms with Crippen LogP contribution in [-0.4, -0.2) is 86.9 Å². The zero-order valence-electron chi connectivity index (χ0n) is 18.4. The number of amides is 1. The van der Waals surface area contributed by atoms with Crippen LogP contribution in [-0.2, 0) is 20.8 Å². The maximum atomic E-state index is 12.6. The van der Waals surface area contributed by atoms with E-state index in [4.69, 9.17) is 19.8 Å². The predicted molar refractivity (Wildman–Crippen MR) is 108 cm³/mol. The van der Waals surface area contributed by atoms with E-state index >= 15 is 0 Å². The van der Waals surface area contributed by atoms with Gasteiger partial charge in [0.25, 0.3) is 0 Å². The molecule has 14 heteroatoms. The molecule has 2 aliphatic heterocycles. The molecule has 0 radical (unpaired) electrons. The second kappa shape index (κ2) is 11.7. The number of rotatable bonds is 4. The van der Waals surface area contributed by atoms with Crippen molar-refractivity contribution in [1.29, 1.82) is 0 Å². The summed E-state index contributed by atoms with van der Waals surface area (Å²) in [7, 11) is 0. The summed E-state index contributed by atoms with van der Waals surface area (Å²) in [5.74, 6) is -4.31. The van der Waals surface area contributed by atoms with E-state index < -0.39 is 24.3 Å². The number of likely N-dealkylation sites (tertiary alicyclic amines) is 2. The molecule has 2 atom stereocenters. The number of halogens is 6. The maximum absolute atomic E-state index is 12.6. The van der Waals surface area contributed by atoms with Crippen molar-refractivity contribution in [1.82, 2.24) is 14.8 Å². The number of carbonyl (C=O) groups is 3. The van der Waals surface area contributed by atoms with Crippen molar-refractivity contribution in [2.24, 2.45) is 5.92 Å². The van der Waals surface area contributed by atoms with Crippen molar-refractivity contribution in [3.05, 3.63) is 30.1 Å². The van der Waals surface area contributed by atoms with Crippen molar-refractivity contribution in [3.63, 3.8) is 0 Å². The highest BCUT2D eigenvalue weighted by atomic mass is 19.4. The molecule has 196 valence electrons. The fourth-order valence-corrected chi connectivity index (χ4v) is 4.00. The van der Waals surface area contributed by atoms with Crippen LogP contribution in [0.4, 0.5) is 26.3 Å². The van der Waals surface area contributed by atoms with Gasteiger partial charge < -0.3 is 15.1 Å². The Morgan fingerprint density at radius 2 is 1.43 bits per heavy atom. The molecule has 1 aromatic heterocycles. The van der Waals surface area contributed by atoms with Crippen LogP contribution in [0.5, 0.6) is 0 Å². The van der Waals surface area contributed by atoms with Gasteiger partial charge in [-0.1, -0.05) is 6.07 Å². The Hall–Kier alpha value is -2.90. The molecule has 1 saturated carbocycles. The second-order valence-corrected chi connectivity index (χ2v) is 8.34. The monoisotopic (exact) mass is 513 g/mol. The summed E-state index contributed by atoms with van der Waals surface area (Å²) in [4.78, 5) is 39.4. The number of nitrogens with zero attached hydrogens (tertiary/aromatic N) is 3. The Labute approximate surface area is 196 Å². The lowest BCUT2D eigenvalue weighted by molar-refractivity contribution is -0.193. The lowest BCUT2D eigenvalue weighted by Gasteiger charge is -2.25. The summed E-state index contributed by atoms with van der Waals surface area (Å²) < 4.78 is 63.5. The van der Waals surface area contributed by atoms with Gasteiger partial charge in [-0.05, 0) is 43.7 Å². The van der Waals surface area contributed by atoms with Gasteiger partial charge in [-0.15, -0.1) is 0 Å². The molecule has 3 fully saturated rings. The minimum absolute atomic E-state index is 0.259. The SMILES string of the molecule is O=C(Cc1ccccn1)N1CC[C@H]2[C@H]1CCN2CC1CC1.O=C(O)C(F)(F)F.O=C(O)C(F)(F)F. The molecule has 0 bridgehead atoms. The molecule has 2 N–H and O–H groups in total. The van der Waals surface area contributed by atoms with Crippen LogP contribution in [0, 0.1) is 5.92 Å². The van der Waals surface area contributed by atoms with E-state index in [9.17, 15) is 31.1 Å². The number of hydrogen-bond acceptors (Lipinski definition) is 5. The van der Waals surface area contributed by atoms with E-state index in [0.717, 1.165) is 31.0 Å². The Kier molecular flexibility index (Phi) is 9.46. The highest BCUT2D eigenvalue weighted by molar-refractivity contribution is 5.79. The van der Waals surface area contributed by atoms with Gasteiger partial charge in [0.1, 0.15) is 0 Å². The highest BCUT2D eigenvalue weighted by Crippen LogP contribution is 2.36. The van der Waals surface area contributed by atoms with Crippen LogP contribution in [0.1, 0.15) is 31.4 Å². The van der Waals surface area contributed by atoms with E-state index in [-0.39, 0.29) is 5.91 Å². The van der Waals surface area contributed by atoms with Crippen molar-refractivity contribution in [2.75, 3.05) is 19.6 Å². The number of fused-ring (bicyclic) bond motifs is 1. The Morgan fingerprint density at radius 1 is 0.886 bits per heavy atom. The van der Waals surface area contributed by atoms with E-state index in [1.54, 1.807) is 6.20 Å². The third-order valence-corrected chi connectivity index (χ3v) is 5.74. The molecule has 2 saturated heterocycles. The molecule has 0 spiro atoms. The van der Waals surface area contributed by atoms with Crippen LogP contribution >= 0.6 is 0 Å². The van der Waals surface area contributed by atoms with Gasteiger partial charge in [-0.2, -0.15) is 26.3 Å². The summed E-state index contributed by atoms with van der Waals surface area (Å²) in [5, 5.41) is 14.2. The number of carbonyl (C=O) groups excluding carboxylic acids is 1. The minimum Gasteiger partial charge on any atom is -0.475 e. The average molecular weight is 513 g/mol. The topological polar surface area (TPSA) is 111 Å². The number of alkyl halides is 6. The first kappa shape index (κ1) is 28.3. The third kappa shape index (κ3) is 9.00. The molecule has 35 heavy (non-hydrogen) atoms. The van der Waals surface area contributed by atoms with Gasteiger partial charge in [0.2, 0.25) is 5.91 Å². The molecule has 0 aromatic carbocycles. The minimum atomic E-state index is -5.08. The summed E-state index contributed by atoms with van der Waals surface area (Å²) in [6.45, 7) is 3.38. The summed E-state index contributed by atoms with van der Waals surface area (Å²) in [6, 6.07) is 6.87. The van der Waals surface area contributed by atoms with Crippen molar-refractivity contribution >= 4 is 17.8 Å². The van der Waals surface area contributed by atoms with Crippen LogP contribution < -0.4 is 0 Å². The number of carboxylic acid groups (broad SMARTS) is 2. The van der Waals surface area contributed by atoms with Gasteiger partial charge >= 0.3 is 24.3 Å². The van der Waals surface area contributed by atoms with Crippen LogP contribution in [0.15, 0.2) is 24.4 Å². The van der Waals surface area contributed by atoms with Crippen molar-refractivity contribution in [2.45, 2.75) is 56.5 Å². The number of pyridine rings is 1. The Bertz CT molecular complexity index is 852. The molecule has 1 amide bonds. The number of aromatic nitrogens is 1. The first-order chi connectivity index (χ1) is 16.2. The Morgan fingerprint density at radius 3 is 1.89 bits per heavy atom. The fourth-order valence-electron chi connectivity index (χ4n) is 4.00. The Balaban J connectivity index is 0.000000257. The van der Waals surface area contributed by atoms with Crippen molar-refractivity contribution < 1.29 is 50.9 Å². The standard InChI is InChI=1S/C17H23N3O.2C2HF3O2/c21-17(11-14-3-1-2-8-18-14)20-10-7-15-16(20)6-9-19(15)12-13-4-5-13;2*3-2(4,5)1(6)7/h1-3,8,13,15-16H,4-7,9-12H2;2*(H,6,7)/t15-,16+;;/m0../s1.